The third-order valence-corrected chi connectivity index (χ3v) is 5.38. The first kappa shape index (κ1) is 21.0. The molecule has 1 aromatic carbocycles. The van der Waals surface area contributed by atoms with E-state index in [1.165, 1.54) is 11.1 Å². The number of nitrogens with one attached hydrogen (secondary N) is 2. The van der Waals surface area contributed by atoms with Crippen LogP contribution < -0.4 is 15.5 Å². The molecule has 3 rings (SSSR count). The van der Waals surface area contributed by atoms with Crippen LogP contribution in [0.5, 0.6) is 0 Å². The molecule has 29 heavy (non-hydrogen) atoms. The zero-order chi connectivity index (χ0) is 20.5. The van der Waals surface area contributed by atoms with Crippen LogP contribution in [0.1, 0.15) is 31.4 Å². The number of nitrogens with zero attached hydrogens (tertiary/aromatic N) is 4. The van der Waals surface area contributed by atoms with Crippen molar-refractivity contribution in [2.45, 2.75) is 33.1 Å². The molecule has 1 aliphatic heterocycles. The van der Waals surface area contributed by atoms with Gasteiger partial charge in [0.25, 0.3) is 0 Å². The largest absolute Gasteiger partial charge is 0.338 e. The van der Waals surface area contributed by atoms with E-state index < -0.39 is 0 Å². The Kier molecular flexibility index (Phi) is 7.81. The number of anilines is 2. The van der Waals surface area contributed by atoms with E-state index >= 15 is 0 Å². The fraction of sp³-hybridized carbons (Fsp3) is 0.500. The van der Waals surface area contributed by atoms with Crippen LogP contribution in [0.4, 0.5) is 16.4 Å². The summed E-state index contributed by atoms with van der Waals surface area (Å²) < 4.78 is 0. The van der Waals surface area contributed by atoms with Gasteiger partial charge in [0, 0.05) is 50.8 Å². The topological polar surface area (TPSA) is 73.4 Å². The van der Waals surface area contributed by atoms with Gasteiger partial charge in [-0.05, 0) is 43.0 Å². The SMILES string of the molecule is CCc1cccc(CC)c1NC(=O)NCCCN1CCN(c2ncccn2)CC1. The van der Waals surface area contributed by atoms with Gasteiger partial charge in [-0.1, -0.05) is 32.0 Å². The molecule has 7 heteroatoms. The summed E-state index contributed by atoms with van der Waals surface area (Å²) in [4.78, 5) is 25.6. The molecule has 0 aliphatic carbocycles. The first-order valence-corrected chi connectivity index (χ1v) is 10.6. The summed E-state index contributed by atoms with van der Waals surface area (Å²) in [5.41, 5.74) is 3.33. The molecule has 1 aliphatic rings. The van der Waals surface area contributed by atoms with E-state index in [9.17, 15) is 4.79 Å². The highest BCUT2D eigenvalue weighted by atomic mass is 16.2. The number of hydrogen-bond acceptors (Lipinski definition) is 5. The zero-order valence-corrected chi connectivity index (χ0v) is 17.5. The molecule has 1 saturated heterocycles. The molecular formula is C22H32N6O. The van der Waals surface area contributed by atoms with Crippen molar-refractivity contribution in [2.24, 2.45) is 0 Å². The number of hydrogen-bond donors (Lipinski definition) is 2. The molecule has 0 saturated carbocycles. The molecule has 1 aromatic heterocycles. The number of para-hydroxylation sites is 1. The second-order valence-electron chi connectivity index (χ2n) is 7.27. The van der Waals surface area contributed by atoms with E-state index in [1.807, 2.05) is 6.07 Å². The lowest BCUT2D eigenvalue weighted by Gasteiger charge is -2.34. The van der Waals surface area contributed by atoms with Crippen LogP contribution in [0, 0.1) is 0 Å². The third-order valence-electron chi connectivity index (χ3n) is 5.38. The molecule has 2 amide bonds. The number of benzene rings is 1. The van der Waals surface area contributed by atoms with Crippen molar-refractivity contribution in [2.75, 3.05) is 49.5 Å². The summed E-state index contributed by atoms with van der Waals surface area (Å²) in [6.45, 7) is 9.74. The molecule has 156 valence electrons. The number of aromatic nitrogens is 2. The Balaban J connectivity index is 1.37. The molecule has 0 radical (unpaired) electrons. The maximum atomic E-state index is 12.3. The van der Waals surface area contributed by atoms with Gasteiger partial charge in [-0.2, -0.15) is 0 Å². The maximum absolute atomic E-state index is 12.3. The highest BCUT2D eigenvalue weighted by molar-refractivity contribution is 5.91. The normalized spacial score (nSPS) is 14.6. The van der Waals surface area contributed by atoms with E-state index in [-0.39, 0.29) is 6.03 Å². The van der Waals surface area contributed by atoms with Gasteiger partial charge in [0.1, 0.15) is 0 Å². The van der Waals surface area contributed by atoms with Crippen molar-refractivity contribution in [3.8, 4) is 0 Å². The van der Waals surface area contributed by atoms with Crippen molar-refractivity contribution in [1.82, 2.24) is 20.2 Å². The van der Waals surface area contributed by atoms with E-state index in [1.54, 1.807) is 12.4 Å². The highest BCUT2D eigenvalue weighted by Crippen LogP contribution is 2.22. The average molecular weight is 397 g/mol. The predicted molar refractivity (Wildman–Crippen MR) is 118 cm³/mol. The standard InChI is InChI=1S/C22H32N6O/c1-3-18-8-5-9-19(4-2)20(18)26-22(29)25-12-7-13-27-14-16-28(17-15-27)21-23-10-6-11-24-21/h5-6,8-11H,3-4,7,12-17H2,1-2H3,(H2,25,26,29). The quantitative estimate of drug-likeness (QED) is 0.671. The third kappa shape index (κ3) is 5.90. The van der Waals surface area contributed by atoms with Gasteiger partial charge in [0.2, 0.25) is 5.95 Å². The van der Waals surface area contributed by atoms with Crippen LogP contribution in [0.3, 0.4) is 0 Å². The lowest BCUT2D eigenvalue weighted by molar-refractivity contribution is 0.243. The van der Waals surface area contributed by atoms with Gasteiger partial charge in [0.05, 0.1) is 0 Å². The summed E-state index contributed by atoms with van der Waals surface area (Å²) in [5, 5.41) is 6.06. The number of piperazine rings is 1. The van der Waals surface area contributed by atoms with Crippen LogP contribution in [-0.2, 0) is 12.8 Å². The number of carbonyl (C=O) groups is 1. The predicted octanol–water partition coefficient (Wildman–Crippen LogP) is 2.94. The molecule has 0 spiro atoms. The first-order chi connectivity index (χ1) is 14.2. The Labute approximate surface area is 173 Å². The number of carbonyl (C=O) groups excluding carboxylic acids is 1. The Hall–Kier alpha value is -2.67. The van der Waals surface area contributed by atoms with E-state index in [0.717, 1.165) is 63.6 Å². The van der Waals surface area contributed by atoms with E-state index in [2.05, 4.69) is 62.4 Å². The van der Waals surface area contributed by atoms with Crippen LogP contribution >= 0.6 is 0 Å². The van der Waals surface area contributed by atoms with Crippen molar-refractivity contribution in [3.05, 3.63) is 47.8 Å². The fourth-order valence-corrected chi connectivity index (χ4v) is 3.69. The second-order valence-corrected chi connectivity index (χ2v) is 7.27. The molecule has 0 atom stereocenters. The minimum absolute atomic E-state index is 0.119. The van der Waals surface area contributed by atoms with Crippen LogP contribution in [0.15, 0.2) is 36.7 Å². The molecule has 0 bridgehead atoms. The smallest absolute Gasteiger partial charge is 0.319 e. The summed E-state index contributed by atoms with van der Waals surface area (Å²) in [5.74, 6) is 0.810. The molecule has 2 heterocycles. The minimum atomic E-state index is -0.119. The summed E-state index contributed by atoms with van der Waals surface area (Å²) >= 11 is 0. The lowest BCUT2D eigenvalue weighted by atomic mass is 10.0. The van der Waals surface area contributed by atoms with Crippen molar-refractivity contribution < 1.29 is 4.79 Å². The zero-order valence-electron chi connectivity index (χ0n) is 17.5. The molecule has 7 nitrogen and oxygen atoms in total. The van der Waals surface area contributed by atoms with Crippen molar-refractivity contribution in [1.29, 1.82) is 0 Å². The number of urea groups is 1. The fourth-order valence-electron chi connectivity index (χ4n) is 3.69. The van der Waals surface area contributed by atoms with Crippen LogP contribution in [0.25, 0.3) is 0 Å². The first-order valence-electron chi connectivity index (χ1n) is 10.6. The van der Waals surface area contributed by atoms with Gasteiger partial charge in [0.15, 0.2) is 0 Å². The van der Waals surface area contributed by atoms with Gasteiger partial charge >= 0.3 is 6.03 Å². The van der Waals surface area contributed by atoms with Gasteiger partial charge < -0.3 is 15.5 Å². The van der Waals surface area contributed by atoms with Gasteiger partial charge in [-0.3, -0.25) is 4.90 Å². The average Bonchev–Trinajstić information content (AvgIpc) is 2.78. The number of aryl methyl sites for hydroxylation is 2. The van der Waals surface area contributed by atoms with Gasteiger partial charge in [-0.15, -0.1) is 0 Å². The van der Waals surface area contributed by atoms with Crippen molar-refractivity contribution in [3.63, 3.8) is 0 Å². The molecule has 1 fully saturated rings. The summed E-state index contributed by atoms with van der Waals surface area (Å²) in [7, 11) is 0. The summed E-state index contributed by atoms with van der Waals surface area (Å²) in [6.07, 6.45) is 6.32. The Morgan fingerprint density at radius 2 is 1.66 bits per heavy atom. The lowest BCUT2D eigenvalue weighted by Crippen LogP contribution is -2.47. The summed E-state index contributed by atoms with van der Waals surface area (Å²) in [6, 6.07) is 7.94. The van der Waals surface area contributed by atoms with E-state index in [4.69, 9.17) is 0 Å². The maximum Gasteiger partial charge on any atom is 0.319 e. The highest BCUT2D eigenvalue weighted by Gasteiger charge is 2.18. The Bertz CT molecular complexity index is 752. The molecule has 2 aromatic rings. The number of rotatable bonds is 8. The van der Waals surface area contributed by atoms with E-state index in [0.29, 0.717) is 6.54 Å². The monoisotopic (exact) mass is 396 g/mol. The number of amides is 2. The van der Waals surface area contributed by atoms with Gasteiger partial charge in [-0.25, -0.2) is 14.8 Å². The Morgan fingerprint density at radius 3 is 2.28 bits per heavy atom. The second kappa shape index (κ2) is 10.8. The Morgan fingerprint density at radius 1 is 1.00 bits per heavy atom. The minimum Gasteiger partial charge on any atom is -0.338 e. The van der Waals surface area contributed by atoms with Crippen LogP contribution in [-0.4, -0.2) is 60.2 Å². The molecule has 2 N–H and O–H groups in total. The molecule has 0 unspecified atom stereocenters. The van der Waals surface area contributed by atoms with Crippen LogP contribution in [0.2, 0.25) is 0 Å². The van der Waals surface area contributed by atoms with Crippen molar-refractivity contribution >= 4 is 17.7 Å². The molecular weight excluding hydrogens is 364 g/mol.